The molecular weight excluding hydrogens is 320 g/mol. The summed E-state index contributed by atoms with van der Waals surface area (Å²) in [4.78, 5) is 20.2. The van der Waals surface area contributed by atoms with Crippen LogP contribution in [0.5, 0.6) is 0 Å². The number of thiazole rings is 1. The molecule has 2 N–H and O–H groups in total. The average Bonchev–Trinajstić information content (AvgIpc) is 3.19. The van der Waals surface area contributed by atoms with Gasteiger partial charge in [0, 0.05) is 22.9 Å². The Bertz CT molecular complexity index is 915. The van der Waals surface area contributed by atoms with Crippen LogP contribution in [0.25, 0.3) is 21.6 Å². The average molecular weight is 342 g/mol. The molecule has 1 saturated heterocycles. The minimum Gasteiger partial charge on any atom is -0.317 e. The number of nitrogens with one attached hydrogen (secondary N) is 2. The van der Waals surface area contributed by atoms with E-state index in [0.717, 1.165) is 47.5 Å². The maximum Gasteiger partial charge on any atom is 0.326 e. The zero-order valence-corrected chi connectivity index (χ0v) is 14.8. The molecule has 0 unspecified atom stereocenters. The lowest BCUT2D eigenvalue weighted by Crippen LogP contribution is -2.26. The van der Waals surface area contributed by atoms with Crippen LogP contribution >= 0.6 is 11.3 Å². The molecule has 0 radical (unpaired) electrons. The fraction of sp³-hybridized carbons (Fsp3) is 0.444. The number of piperidine rings is 1. The van der Waals surface area contributed by atoms with E-state index in [9.17, 15) is 4.79 Å². The van der Waals surface area contributed by atoms with Gasteiger partial charge in [-0.3, -0.25) is 4.57 Å². The zero-order valence-electron chi connectivity index (χ0n) is 14.0. The van der Waals surface area contributed by atoms with Gasteiger partial charge in [-0.2, -0.15) is 0 Å². The SMILES string of the molecule is CC(C)n1c(=O)[nH]c2c(-c3nc(C4CCNCC4)cs3)cccc21. The van der Waals surface area contributed by atoms with Crippen molar-refractivity contribution < 1.29 is 0 Å². The smallest absolute Gasteiger partial charge is 0.317 e. The highest BCUT2D eigenvalue weighted by Gasteiger charge is 2.20. The summed E-state index contributed by atoms with van der Waals surface area (Å²) in [7, 11) is 0. The molecule has 1 aliphatic heterocycles. The molecule has 0 atom stereocenters. The van der Waals surface area contributed by atoms with Crippen LogP contribution in [-0.4, -0.2) is 27.6 Å². The molecule has 3 heterocycles. The highest BCUT2D eigenvalue weighted by Crippen LogP contribution is 2.33. The molecule has 5 nitrogen and oxygen atoms in total. The van der Waals surface area contributed by atoms with Gasteiger partial charge < -0.3 is 10.3 Å². The molecule has 0 bridgehead atoms. The lowest BCUT2D eigenvalue weighted by atomic mass is 9.95. The van der Waals surface area contributed by atoms with Gasteiger partial charge in [-0.15, -0.1) is 11.3 Å². The van der Waals surface area contributed by atoms with E-state index in [1.54, 1.807) is 15.9 Å². The molecule has 126 valence electrons. The number of H-pyrrole nitrogens is 1. The van der Waals surface area contributed by atoms with E-state index in [4.69, 9.17) is 4.98 Å². The molecule has 1 aromatic carbocycles. The molecule has 24 heavy (non-hydrogen) atoms. The Hall–Kier alpha value is -1.92. The normalized spacial score (nSPS) is 16.3. The molecule has 2 aromatic heterocycles. The molecule has 4 rings (SSSR count). The first-order chi connectivity index (χ1) is 11.6. The van der Waals surface area contributed by atoms with Crippen LogP contribution in [0.3, 0.4) is 0 Å². The number of rotatable bonds is 3. The van der Waals surface area contributed by atoms with E-state index in [1.165, 1.54) is 5.69 Å². The maximum absolute atomic E-state index is 12.3. The van der Waals surface area contributed by atoms with E-state index in [0.29, 0.717) is 5.92 Å². The van der Waals surface area contributed by atoms with E-state index in [-0.39, 0.29) is 11.7 Å². The molecule has 0 saturated carbocycles. The molecular formula is C18H22N4OS. The Morgan fingerprint density at radius 3 is 2.83 bits per heavy atom. The van der Waals surface area contributed by atoms with E-state index >= 15 is 0 Å². The summed E-state index contributed by atoms with van der Waals surface area (Å²) in [5, 5.41) is 6.57. The Morgan fingerprint density at radius 1 is 1.29 bits per heavy atom. The van der Waals surface area contributed by atoms with Crippen LogP contribution in [-0.2, 0) is 0 Å². The van der Waals surface area contributed by atoms with Gasteiger partial charge in [0.25, 0.3) is 0 Å². The fourth-order valence-electron chi connectivity index (χ4n) is 3.55. The van der Waals surface area contributed by atoms with Crippen molar-refractivity contribution in [3.05, 3.63) is 39.8 Å². The van der Waals surface area contributed by atoms with E-state index in [2.05, 4.69) is 15.7 Å². The summed E-state index contributed by atoms with van der Waals surface area (Å²) in [6.45, 7) is 6.19. The maximum atomic E-state index is 12.3. The topological polar surface area (TPSA) is 62.7 Å². The number of nitrogens with zero attached hydrogens (tertiary/aromatic N) is 2. The predicted molar refractivity (Wildman–Crippen MR) is 98.9 cm³/mol. The van der Waals surface area contributed by atoms with E-state index in [1.807, 2.05) is 32.0 Å². The summed E-state index contributed by atoms with van der Waals surface area (Å²) >= 11 is 1.67. The summed E-state index contributed by atoms with van der Waals surface area (Å²) in [6.07, 6.45) is 2.29. The first-order valence-electron chi connectivity index (χ1n) is 8.55. The van der Waals surface area contributed by atoms with Crippen LogP contribution < -0.4 is 11.0 Å². The van der Waals surface area contributed by atoms with Crippen LogP contribution in [0.15, 0.2) is 28.4 Å². The van der Waals surface area contributed by atoms with Crippen molar-refractivity contribution in [3.8, 4) is 10.6 Å². The standard InChI is InChI=1S/C18H22N4OS/c1-11(2)22-15-5-3-4-13(16(15)21-18(22)23)17-20-14(10-24-17)12-6-8-19-9-7-12/h3-5,10-12,19H,6-9H2,1-2H3,(H,21,23). The number of aromatic nitrogens is 3. The second-order valence-corrected chi connectivity index (χ2v) is 7.55. The second-order valence-electron chi connectivity index (χ2n) is 6.70. The third-order valence-corrected chi connectivity index (χ3v) is 5.67. The van der Waals surface area contributed by atoms with Crippen molar-refractivity contribution in [3.63, 3.8) is 0 Å². The van der Waals surface area contributed by atoms with Crippen molar-refractivity contribution in [2.45, 2.75) is 38.6 Å². The summed E-state index contributed by atoms with van der Waals surface area (Å²) < 4.78 is 1.81. The lowest BCUT2D eigenvalue weighted by Gasteiger charge is -2.20. The number of imidazole rings is 1. The molecule has 6 heteroatoms. The zero-order chi connectivity index (χ0) is 16.7. The summed E-state index contributed by atoms with van der Waals surface area (Å²) in [5.74, 6) is 0.551. The number of para-hydroxylation sites is 1. The van der Waals surface area contributed by atoms with Crippen molar-refractivity contribution in [2.75, 3.05) is 13.1 Å². The lowest BCUT2D eigenvalue weighted by molar-refractivity contribution is 0.455. The van der Waals surface area contributed by atoms with Gasteiger partial charge in [-0.1, -0.05) is 6.07 Å². The van der Waals surface area contributed by atoms with Crippen LogP contribution in [0.2, 0.25) is 0 Å². The van der Waals surface area contributed by atoms with Gasteiger partial charge in [-0.05, 0) is 51.9 Å². The number of hydrogen-bond donors (Lipinski definition) is 2. The quantitative estimate of drug-likeness (QED) is 0.766. The number of hydrogen-bond acceptors (Lipinski definition) is 4. The first kappa shape index (κ1) is 15.6. The molecule has 0 spiro atoms. The summed E-state index contributed by atoms with van der Waals surface area (Å²) in [5.41, 5.74) is 4.00. The van der Waals surface area contributed by atoms with Crippen molar-refractivity contribution in [2.24, 2.45) is 0 Å². The molecule has 0 amide bonds. The van der Waals surface area contributed by atoms with Gasteiger partial charge in [0.05, 0.1) is 16.7 Å². The highest BCUT2D eigenvalue weighted by atomic mass is 32.1. The third-order valence-electron chi connectivity index (χ3n) is 4.78. The van der Waals surface area contributed by atoms with Crippen molar-refractivity contribution in [1.82, 2.24) is 19.9 Å². The largest absolute Gasteiger partial charge is 0.326 e. The van der Waals surface area contributed by atoms with E-state index < -0.39 is 0 Å². The third kappa shape index (κ3) is 2.59. The summed E-state index contributed by atoms with van der Waals surface area (Å²) in [6, 6.07) is 6.18. The first-order valence-corrected chi connectivity index (χ1v) is 9.43. The molecule has 1 fully saturated rings. The highest BCUT2D eigenvalue weighted by molar-refractivity contribution is 7.13. The van der Waals surface area contributed by atoms with Crippen molar-refractivity contribution in [1.29, 1.82) is 0 Å². The minimum atomic E-state index is -0.0532. The molecule has 1 aliphatic rings. The number of aromatic amines is 1. The monoisotopic (exact) mass is 342 g/mol. The predicted octanol–water partition coefficient (Wildman–Crippen LogP) is 3.50. The number of fused-ring (bicyclic) bond motifs is 1. The second kappa shape index (κ2) is 6.18. The Kier molecular flexibility index (Phi) is 4.02. The Morgan fingerprint density at radius 2 is 2.08 bits per heavy atom. The van der Waals surface area contributed by atoms with Crippen LogP contribution in [0, 0.1) is 0 Å². The molecule has 0 aliphatic carbocycles. The fourth-order valence-corrected chi connectivity index (χ4v) is 4.49. The van der Waals surface area contributed by atoms with Crippen LogP contribution in [0.4, 0.5) is 0 Å². The van der Waals surface area contributed by atoms with Crippen LogP contribution in [0.1, 0.15) is 44.3 Å². The van der Waals surface area contributed by atoms with Gasteiger partial charge in [0.2, 0.25) is 0 Å². The van der Waals surface area contributed by atoms with Gasteiger partial charge in [0.1, 0.15) is 5.01 Å². The van der Waals surface area contributed by atoms with Gasteiger partial charge >= 0.3 is 5.69 Å². The minimum absolute atomic E-state index is 0.0532. The number of benzene rings is 1. The Labute approximate surface area is 144 Å². The Balaban J connectivity index is 1.78. The van der Waals surface area contributed by atoms with Crippen molar-refractivity contribution >= 4 is 22.4 Å². The van der Waals surface area contributed by atoms with Gasteiger partial charge in [0.15, 0.2) is 0 Å². The molecule has 3 aromatic rings. The van der Waals surface area contributed by atoms with Gasteiger partial charge in [-0.25, -0.2) is 9.78 Å².